The molecule has 1 aromatic carbocycles. The summed E-state index contributed by atoms with van der Waals surface area (Å²) in [5.74, 6) is 0.0561. The van der Waals surface area contributed by atoms with Crippen molar-refractivity contribution in [3.8, 4) is 0 Å². The normalized spacial score (nSPS) is 11.4. The van der Waals surface area contributed by atoms with E-state index in [9.17, 15) is 4.39 Å². The fourth-order valence-electron chi connectivity index (χ4n) is 1.45. The molecule has 0 aliphatic carbocycles. The van der Waals surface area contributed by atoms with E-state index in [0.717, 1.165) is 11.1 Å². The van der Waals surface area contributed by atoms with Gasteiger partial charge in [-0.2, -0.15) is 5.10 Å². The van der Waals surface area contributed by atoms with Crippen molar-refractivity contribution in [2.45, 2.75) is 19.8 Å². The van der Waals surface area contributed by atoms with Crippen LogP contribution in [0.25, 0.3) is 10.9 Å². The predicted octanol–water partition coefficient (Wildman–Crippen LogP) is 3.07. The van der Waals surface area contributed by atoms with E-state index in [0.29, 0.717) is 5.39 Å². The minimum Gasteiger partial charge on any atom is -0.278 e. The predicted molar refractivity (Wildman–Crippen MR) is 52.3 cm³/mol. The maximum absolute atomic E-state index is 13.7. The smallest absolute Gasteiger partial charge is 0.137 e. The number of rotatable bonds is 1. The second-order valence-corrected chi connectivity index (χ2v) is 3.45. The number of aromatic amines is 1. The first-order chi connectivity index (χ1) is 6.20. The number of nitrogens with one attached hydrogen (secondary N) is 1. The Hall–Kier alpha value is -1.38. The first-order valence-corrected chi connectivity index (χ1v) is 4.31. The van der Waals surface area contributed by atoms with Crippen molar-refractivity contribution in [1.29, 1.82) is 0 Å². The van der Waals surface area contributed by atoms with Crippen molar-refractivity contribution in [3.63, 3.8) is 0 Å². The minimum atomic E-state index is -0.152. The highest BCUT2D eigenvalue weighted by atomic mass is 19.1. The van der Waals surface area contributed by atoms with Gasteiger partial charge in [-0.15, -0.1) is 0 Å². The third kappa shape index (κ3) is 1.20. The Morgan fingerprint density at radius 3 is 2.92 bits per heavy atom. The fourth-order valence-corrected chi connectivity index (χ4v) is 1.45. The highest BCUT2D eigenvalue weighted by Crippen LogP contribution is 2.24. The van der Waals surface area contributed by atoms with E-state index >= 15 is 0 Å². The second-order valence-electron chi connectivity index (χ2n) is 3.45. The quantitative estimate of drug-likeness (QED) is 0.717. The summed E-state index contributed by atoms with van der Waals surface area (Å²) >= 11 is 0. The molecule has 1 aromatic heterocycles. The zero-order chi connectivity index (χ0) is 9.42. The summed E-state index contributed by atoms with van der Waals surface area (Å²) in [5, 5.41) is 7.11. The highest BCUT2D eigenvalue weighted by molar-refractivity contribution is 5.79. The Kier molecular flexibility index (Phi) is 1.79. The van der Waals surface area contributed by atoms with Gasteiger partial charge in [-0.25, -0.2) is 4.39 Å². The Bertz CT molecular complexity index is 437. The molecule has 0 spiro atoms. The summed E-state index contributed by atoms with van der Waals surface area (Å²) < 4.78 is 13.7. The first kappa shape index (κ1) is 8.23. The van der Waals surface area contributed by atoms with Gasteiger partial charge in [-0.1, -0.05) is 19.9 Å². The number of hydrogen-bond acceptors (Lipinski definition) is 1. The lowest BCUT2D eigenvalue weighted by Gasteiger charge is -2.06. The summed E-state index contributed by atoms with van der Waals surface area (Å²) in [5.41, 5.74) is 1.50. The van der Waals surface area contributed by atoms with Crippen LogP contribution in [0.2, 0.25) is 0 Å². The van der Waals surface area contributed by atoms with Gasteiger partial charge in [0.05, 0.1) is 17.1 Å². The molecule has 1 heterocycles. The zero-order valence-electron chi connectivity index (χ0n) is 7.63. The SMILES string of the molecule is CC(C)c1ccc2[nH]ncc2c1F.[HH]. The van der Waals surface area contributed by atoms with Crippen LogP contribution >= 0.6 is 0 Å². The molecule has 0 radical (unpaired) electrons. The van der Waals surface area contributed by atoms with Crippen LogP contribution in [0.1, 0.15) is 26.8 Å². The number of aromatic nitrogens is 2. The Balaban J connectivity index is 0.000000980. The number of nitrogens with zero attached hydrogens (tertiary/aromatic N) is 1. The van der Waals surface area contributed by atoms with E-state index in [1.807, 2.05) is 19.9 Å². The number of H-pyrrole nitrogens is 1. The molecule has 2 rings (SSSR count). The molecule has 70 valence electrons. The molecule has 0 unspecified atom stereocenters. The van der Waals surface area contributed by atoms with Crippen molar-refractivity contribution >= 4 is 10.9 Å². The summed E-state index contributed by atoms with van der Waals surface area (Å²) in [4.78, 5) is 0. The Morgan fingerprint density at radius 2 is 2.23 bits per heavy atom. The average molecular weight is 180 g/mol. The molecule has 0 aliphatic rings. The zero-order valence-corrected chi connectivity index (χ0v) is 7.63. The third-order valence-electron chi connectivity index (χ3n) is 2.21. The molecule has 2 nitrogen and oxygen atoms in total. The molecule has 0 aliphatic heterocycles. The van der Waals surface area contributed by atoms with Gasteiger partial charge in [0.1, 0.15) is 5.82 Å². The lowest BCUT2D eigenvalue weighted by Crippen LogP contribution is -1.92. The van der Waals surface area contributed by atoms with Gasteiger partial charge in [0, 0.05) is 1.43 Å². The molecule has 1 N–H and O–H groups in total. The second kappa shape index (κ2) is 2.83. The van der Waals surface area contributed by atoms with Gasteiger partial charge in [0.25, 0.3) is 0 Å². The molecule has 2 aromatic rings. The Labute approximate surface area is 77.3 Å². The molecular formula is C10H13FN2. The largest absolute Gasteiger partial charge is 0.278 e. The van der Waals surface area contributed by atoms with Gasteiger partial charge in [-0.05, 0) is 17.5 Å². The average Bonchev–Trinajstić information content (AvgIpc) is 2.52. The molecule has 0 amide bonds. The van der Waals surface area contributed by atoms with Crippen LogP contribution in [-0.4, -0.2) is 10.2 Å². The van der Waals surface area contributed by atoms with E-state index < -0.39 is 0 Å². The molecule has 0 atom stereocenters. The lowest BCUT2D eigenvalue weighted by molar-refractivity contribution is 0.610. The fraction of sp³-hybridized carbons (Fsp3) is 0.300. The van der Waals surface area contributed by atoms with Crippen molar-refractivity contribution in [2.24, 2.45) is 0 Å². The van der Waals surface area contributed by atoms with Gasteiger partial charge in [0.2, 0.25) is 0 Å². The van der Waals surface area contributed by atoms with Gasteiger partial charge in [-0.3, -0.25) is 5.10 Å². The monoisotopic (exact) mass is 180 g/mol. The van der Waals surface area contributed by atoms with Crippen molar-refractivity contribution in [3.05, 3.63) is 29.7 Å². The molecular weight excluding hydrogens is 167 g/mol. The van der Waals surface area contributed by atoms with Gasteiger partial charge in [0.15, 0.2) is 0 Å². The van der Waals surface area contributed by atoms with E-state index in [1.165, 1.54) is 6.20 Å². The minimum absolute atomic E-state index is 0. The van der Waals surface area contributed by atoms with Crippen LogP contribution in [-0.2, 0) is 0 Å². The van der Waals surface area contributed by atoms with Crippen LogP contribution in [0.4, 0.5) is 4.39 Å². The van der Waals surface area contributed by atoms with E-state index in [2.05, 4.69) is 10.2 Å². The molecule has 0 saturated carbocycles. The standard InChI is InChI=1S/C10H11FN2.H2/c1-6(2)7-3-4-9-8(10(7)11)5-12-13-9;/h3-6H,1-2H3,(H,12,13);1H. The number of benzene rings is 1. The summed E-state index contributed by atoms with van der Waals surface area (Å²) in [6, 6.07) is 3.67. The van der Waals surface area contributed by atoms with Crippen molar-refractivity contribution < 1.29 is 5.82 Å². The van der Waals surface area contributed by atoms with E-state index in [-0.39, 0.29) is 13.2 Å². The maximum Gasteiger partial charge on any atom is 0.137 e. The summed E-state index contributed by atoms with van der Waals surface area (Å²) in [6.07, 6.45) is 1.52. The topological polar surface area (TPSA) is 28.7 Å². The number of hydrogen-bond donors (Lipinski definition) is 1. The van der Waals surface area contributed by atoms with Crippen LogP contribution in [0, 0.1) is 5.82 Å². The molecule has 0 fully saturated rings. The van der Waals surface area contributed by atoms with Crippen LogP contribution in [0.15, 0.2) is 18.3 Å². The highest BCUT2D eigenvalue weighted by Gasteiger charge is 2.10. The molecule has 0 saturated heterocycles. The molecule has 0 bridgehead atoms. The Morgan fingerprint density at radius 1 is 1.46 bits per heavy atom. The lowest BCUT2D eigenvalue weighted by atomic mass is 10.0. The van der Waals surface area contributed by atoms with Crippen molar-refractivity contribution in [2.75, 3.05) is 0 Å². The van der Waals surface area contributed by atoms with Gasteiger partial charge < -0.3 is 0 Å². The maximum atomic E-state index is 13.7. The molecule has 3 heteroatoms. The van der Waals surface area contributed by atoms with Gasteiger partial charge >= 0.3 is 0 Å². The van der Waals surface area contributed by atoms with E-state index in [4.69, 9.17) is 0 Å². The first-order valence-electron chi connectivity index (χ1n) is 4.31. The van der Waals surface area contributed by atoms with E-state index in [1.54, 1.807) is 6.07 Å². The summed E-state index contributed by atoms with van der Waals surface area (Å²) in [6.45, 7) is 3.95. The number of fused-ring (bicyclic) bond motifs is 1. The van der Waals surface area contributed by atoms with Crippen LogP contribution in [0.3, 0.4) is 0 Å². The number of halogens is 1. The summed E-state index contributed by atoms with van der Waals surface area (Å²) in [7, 11) is 0. The van der Waals surface area contributed by atoms with Crippen molar-refractivity contribution in [1.82, 2.24) is 10.2 Å². The van der Waals surface area contributed by atoms with Crippen LogP contribution < -0.4 is 0 Å². The third-order valence-corrected chi connectivity index (χ3v) is 2.21. The molecule has 13 heavy (non-hydrogen) atoms. The van der Waals surface area contributed by atoms with Crippen LogP contribution in [0.5, 0.6) is 0 Å².